The number of anilines is 1. The minimum Gasteiger partial charge on any atom is -0.387 e. The van der Waals surface area contributed by atoms with Crippen LogP contribution in [-0.4, -0.2) is 85.5 Å². The molecule has 0 aliphatic carbocycles. The molecule has 16 nitrogen and oxygen atoms in total. The monoisotopic (exact) mass is 813 g/mol. The number of fused-ring (bicyclic) bond motifs is 1. The number of ether oxygens (including phenoxy) is 3. The molecule has 1 fully saturated rings. The highest BCUT2D eigenvalue weighted by Crippen LogP contribution is 2.46. The first kappa shape index (κ1) is 46.2. The molecule has 3 aromatic rings. The zero-order valence-corrected chi connectivity index (χ0v) is 34.0. The van der Waals surface area contributed by atoms with Gasteiger partial charge in [-0.1, -0.05) is 103 Å². The van der Waals surface area contributed by atoms with Gasteiger partial charge in [-0.3, -0.25) is 9.05 Å². The van der Waals surface area contributed by atoms with Gasteiger partial charge < -0.3 is 35.1 Å². The molecule has 1 saturated heterocycles. The maximum absolute atomic E-state index is 12.7. The Bertz CT molecular complexity index is 1770. The Labute approximate surface area is 335 Å². The van der Waals surface area contributed by atoms with Crippen LogP contribution >= 0.6 is 7.82 Å². The molecule has 0 aromatic carbocycles. The van der Waals surface area contributed by atoms with Gasteiger partial charge in [-0.2, -0.15) is 15.6 Å². The molecular formula is C40H60N7O9P. The predicted molar refractivity (Wildman–Crippen MR) is 211 cm³/mol. The first-order chi connectivity index (χ1) is 27.6. The Kier molecular flexibility index (Phi) is 19.8. The lowest BCUT2D eigenvalue weighted by Gasteiger charge is -2.24. The van der Waals surface area contributed by atoms with E-state index in [9.17, 15) is 30.2 Å². The van der Waals surface area contributed by atoms with Gasteiger partial charge in [-0.15, -0.1) is 0 Å². The molecule has 4 rings (SSSR count). The van der Waals surface area contributed by atoms with Gasteiger partial charge in [-0.25, -0.2) is 19.0 Å². The number of nitrogens with zero attached hydrogens (tertiary/aromatic N) is 6. The Hall–Kier alpha value is -3.54. The zero-order chi connectivity index (χ0) is 40.9. The van der Waals surface area contributed by atoms with Crippen molar-refractivity contribution in [2.24, 2.45) is 0 Å². The lowest BCUT2D eigenvalue weighted by atomic mass is 9.92. The summed E-state index contributed by atoms with van der Waals surface area (Å²) in [5, 5.41) is 45.0. The summed E-state index contributed by atoms with van der Waals surface area (Å²) in [5.74, 6) is 0.130. The number of nitriles is 2. The summed E-state index contributed by atoms with van der Waals surface area (Å²) in [4.78, 5) is 18.5. The molecular weight excluding hydrogens is 753 g/mol. The summed E-state index contributed by atoms with van der Waals surface area (Å²) in [6, 6.07) is 12.2. The summed E-state index contributed by atoms with van der Waals surface area (Å²) in [6.07, 6.45) is 15.2. The summed E-state index contributed by atoms with van der Waals surface area (Å²) in [7, 11) is -4.61. The van der Waals surface area contributed by atoms with Crippen LogP contribution in [0, 0.1) is 22.7 Å². The number of pyridine rings is 1. The number of nitrogen functional groups attached to an aromatic ring is 1. The van der Waals surface area contributed by atoms with E-state index in [1.807, 2.05) is 18.2 Å². The van der Waals surface area contributed by atoms with E-state index in [1.54, 1.807) is 12.1 Å². The highest BCUT2D eigenvalue weighted by atomic mass is 31.2. The third-order valence-electron chi connectivity index (χ3n) is 10.1. The van der Waals surface area contributed by atoms with Gasteiger partial charge in [0.25, 0.3) is 0 Å². The van der Waals surface area contributed by atoms with Crippen molar-refractivity contribution in [2.75, 3.05) is 32.2 Å². The molecule has 0 spiro atoms. The van der Waals surface area contributed by atoms with E-state index >= 15 is 0 Å². The number of phosphoric acid groups is 1. The van der Waals surface area contributed by atoms with E-state index in [4.69, 9.17) is 29.0 Å². The lowest BCUT2D eigenvalue weighted by molar-refractivity contribution is -0.0645. The molecule has 1 aliphatic rings. The number of phosphoric ester groups is 1. The van der Waals surface area contributed by atoms with Crippen LogP contribution in [0.2, 0.25) is 0 Å². The van der Waals surface area contributed by atoms with Gasteiger partial charge in [0.1, 0.15) is 48.0 Å². The maximum Gasteiger partial charge on any atom is 0.472 e. The second-order valence-electron chi connectivity index (χ2n) is 14.6. The van der Waals surface area contributed by atoms with Crippen LogP contribution in [0.5, 0.6) is 0 Å². The topological polar surface area (TPSA) is 241 Å². The van der Waals surface area contributed by atoms with E-state index in [-0.39, 0.29) is 43.9 Å². The van der Waals surface area contributed by atoms with Crippen molar-refractivity contribution in [1.29, 1.82) is 10.5 Å². The first-order valence-corrected chi connectivity index (χ1v) is 21.8. The van der Waals surface area contributed by atoms with E-state index in [1.165, 1.54) is 100 Å². The predicted octanol–water partition coefficient (Wildman–Crippen LogP) is 6.41. The molecule has 4 heterocycles. The number of hydrogen-bond donors (Lipinski definition) is 4. The molecule has 6 atom stereocenters. The number of aromatic nitrogens is 4. The standard InChI is InChI=1S/C40H60N7O9P/c1-2-3-4-5-6-7-8-9-10-11-12-13-14-15-20-33(53-26-32-19-16-18-31(25-41)46-32)27-52-23-17-24-54-57(50,51)55-28-35-37(48)38(49)40(29-42,56-35)36-22-21-34-39(43)44-30-45-47(34)36/h16,18-19,21-22,30,33,35,37-38,48-49H,2-15,17,20,23-24,26-28H2,1H3,(H,50,51)(H2,43,44,45)/t33?,35-,37-,38-,40+/m1/s1. The zero-order valence-electron chi connectivity index (χ0n) is 33.1. The molecule has 0 radical (unpaired) electrons. The average molecular weight is 814 g/mol. The fourth-order valence-corrected chi connectivity index (χ4v) is 7.69. The van der Waals surface area contributed by atoms with Crippen LogP contribution in [0.25, 0.3) is 5.52 Å². The summed E-state index contributed by atoms with van der Waals surface area (Å²) in [5.41, 5.74) is 5.24. The van der Waals surface area contributed by atoms with Crippen molar-refractivity contribution in [3.05, 3.63) is 53.7 Å². The van der Waals surface area contributed by atoms with Gasteiger partial charge >= 0.3 is 7.82 Å². The molecule has 0 saturated carbocycles. The molecule has 5 N–H and O–H groups in total. The van der Waals surface area contributed by atoms with Gasteiger partial charge in [0.15, 0.2) is 5.82 Å². The molecule has 2 unspecified atom stereocenters. The van der Waals surface area contributed by atoms with E-state index in [0.29, 0.717) is 23.5 Å². The van der Waals surface area contributed by atoms with Crippen LogP contribution in [0.15, 0.2) is 36.7 Å². The number of nitrogens with two attached hydrogens (primary N) is 1. The fourth-order valence-electron chi connectivity index (χ4n) is 6.92. The Balaban J connectivity index is 1.14. The van der Waals surface area contributed by atoms with Crippen LogP contribution in [-0.2, 0) is 40.0 Å². The third kappa shape index (κ3) is 14.4. The van der Waals surface area contributed by atoms with Crippen molar-refractivity contribution in [1.82, 2.24) is 19.6 Å². The van der Waals surface area contributed by atoms with Crippen molar-refractivity contribution >= 4 is 19.2 Å². The lowest BCUT2D eigenvalue weighted by Crippen LogP contribution is -2.41. The van der Waals surface area contributed by atoms with Crippen LogP contribution in [0.3, 0.4) is 0 Å². The molecule has 1 aliphatic heterocycles. The van der Waals surface area contributed by atoms with Crippen molar-refractivity contribution in [2.45, 2.75) is 146 Å². The van der Waals surface area contributed by atoms with Gasteiger partial charge in [0.05, 0.1) is 43.9 Å². The highest BCUT2D eigenvalue weighted by molar-refractivity contribution is 7.47. The Morgan fingerprint density at radius 3 is 2.30 bits per heavy atom. The smallest absolute Gasteiger partial charge is 0.387 e. The number of aliphatic hydroxyl groups is 2. The largest absolute Gasteiger partial charge is 0.472 e. The first-order valence-electron chi connectivity index (χ1n) is 20.3. The van der Waals surface area contributed by atoms with Crippen molar-refractivity contribution in [3.63, 3.8) is 0 Å². The summed E-state index contributed by atoms with van der Waals surface area (Å²) < 4.78 is 42.0. The second kappa shape index (κ2) is 24.4. The minimum atomic E-state index is -4.61. The van der Waals surface area contributed by atoms with Crippen molar-refractivity contribution < 1.29 is 42.9 Å². The van der Waals surface area contributed by atoms with Gasteiger partial charge in [0, 0.05) is 6.61 Å². The number of hydrogen-bond acceptors (Lipinski definition) is 14. The molecule has 0 bridgehead atoms. The summed E-state index contributed by atoms with van der Waals surface area (Å²) >= 11 is 0. The average Bonchev–Trinajstić information content (AvgIpc) is 3.76. The molecule has 0 amide bonds. The minimum absolute atomic E-state index is 0.0867. The van der Waals surface area contributed by atoms with E-state index in [0.717, 1.165) is 19.3 Å². The quantitative estimate of drug-likeness (QED) is 0.0437. The van der Waals surface area contributed by atoms with Crippen molar-refractivity contribution in [3.8, 4) is 12.1 Å². The van der Waals surface area contributed by atoms with Crippen LogP contribution in [0.1, 0.15) is 127 Å². The second-order valence-corrected chi connectivity index (χ2v) is 16.0. The SMILES string of the molecule is CCCCCCCCCCCCCCCCC(COCCCOP(=O)(O)OC[C@H]1O[C@@](C#N)(c2ccc3c(N)ncnn23)[C@H](O)[C@@H]1O)OCc1cccc(C#N)n1. The van der Waals surface area contributed by atoms with Crippen LogP contribution in [0.4, 0.5) is 5.82 Å². The van der Waals surface area contributed by atoms with Crippen LogP contribution < -0.4 is 5.73 Å². The van der Waals surface area contributed by atoms with Gasteiger partial charge in [-0.05, 0) is 37.1 Å². The summed E-state index contributed by atoms with van der Waals surface area (Å²) in [6.45, 7) is 2.20. The van der Waals surface area contributed by atoms with E-state index in [2.05, 4.69) is 22.0 Å². The molecule has 314 valence electrons. The normalized spacial score (nSPS) is 21.0. The molecule has 3 aromatic heterocycles. The molecule has 57 heavy (non-hydrogen) atoms. The maximum atomic E-state index is 12.7. The van der Waals surface area contributed by atoms with E-state index < -0.39 is 38.3 Å². The number of aliphatic hydroxyl groups excluding tert-OH is 2. The number of rotatable bonds is 29. The Morgan fingerprint density at radius 1 is 0.947 bits per heavy atom. The fraction of sp³-hybridized carbons (Fsp3) is 0.675. The number of unbranched alkanes of at least 4 members (excludes halogenated alkanes) is 13. The highest BCUT2D eigenvalue weighted by Gasteiger charge is 2.58. The Morgan fingerprint density at radius 2 is 1.63 bits per heavy atom. The third-order valence-corrected chi connectivity index (χ3v) is 11.1. The molecule has 17 heteroatoms. The van der Waals surface area contributed by atoms with Gasteiger partial charge in [0.2, 0.25) is 5.60 Å².